The molecule has 104 valence electrons. The highest BCUT2D eigenvalue weighted by atomic mass is 16.2. The zero-order valence-corrected chi connectivity index (χ0v) is 11.4. The van der Waals surface area contributed by atoms with E-state index in [0.29, 0.717) is 6.54 Å². The van der Waals surface area contributed by atoms with Gasteiger partial charge in [-0.25, -0.2) is 9.48 Å². The summed E-state index contributed by atoms with van der Waals surface area (Å²) < 4.78 is 1.95. The van der Waals surface area contributed by atoms with Gasteiger partial charge in [-0.3, -0.25) is 0 Å². The molecule has 7 heteroatoms. The van der Waals surface area contributed by atoms with Crippen molar-refractivity contribution < 1.29 is 4.79 Å². The van der Waals surface area contributed by atoms with E-state index < -0.39 is 0 Å². The molecule has 19 heavy (non-hydrogen) atoms. The van der Waals surface area contributed by atoms with Gasteiger partial charge in [-0.15, -0.1) is 0 Å². The summed E-state index contributed by atoms with van der Waals surface area (Å²) in [5.41, 5.74) is 7.79. The maximum Gasteiger partial charge on any atom is 0.317 e. The van der Waals surface area contributed by atoms with Crippen molar-refractivity contribution >= 4 is 17.5 Å². The first-order chi connectivity index (χ1) is 9.11. The Balaban J connectivity index is 1.86. The number of urea groups is 1. The van der Waals surface area contributed by atoms with Crippen LogP contribution in [0.3, 0.4) is 0 Å². The van der Waals surface area contributed by atoms with Crippen molar-refractivity contribution in [2.75, 3.05) is 36.8 Å². The number of nitrogens with two attached hydrogens (primary N) is 1. The number of nitrogens with zero attached hydrogens (tertiary/aromatic N) is 4. The maximum atomic E-state index is 11.6. The lowest BCUT2D eigenvalue weighted by molar-refractivity contribution is 0.197. The molecular formula is C12H20N6O. The van der Waals surface area contributed by atoms with Gasteiger partial charge < -0.3 is 20.9 Å². The van der Waals surface area contributed by atoms with Crippen LogP contribution < -0.4 is 16.0 Å². The second-order valence-corrected chi connectivity index (χ2v) is 5.12. The van der Waals surface area contributed by atoms with E-state index >= 15 is 0 Å². The molecule has 2 fully saturated rings. The summed E-state index contributed by atoms with van der Waals surface area (Å²) in [6.45, 7) is 7.87. The minimum Gasteiger partial charge on any atom is -0.394 e. The number of carbonyl (C=O) groups excluding carboxylic acids is 1. The first-order valence-corrected chi connectivity index (χ1v) is 6.74. The van der Waals surface area contributed by atoms with Crippen molar-refractivity contribution in [3.8, 4) is 0 Å². The molecule has 0 aliphatic carbocycles. The predicted molar refractivity (Wildman–Crippen MR) is 73.2 cm³/mol. The summed E-state index contributed by atoms with van der Waals surface area (Å²) in [6, 6.07) is 0.291. The second kappa shape index (κ2) is 4.32. The van der Waals surface area contributed by atoms with Crippen LogP contribution in [0.15, 0.2) is 0 Å². The fourth-order valence-electron chi connectivity index (χ4n) is 2.93. The number of rotatable bonds is 2. The van der Waals surface area contributed by atoms with Crippen molar-refractivity contribution in [3.63, 3.8) is 0 Å². The molecule has 0 spiro atoms. The summed E-state index contributed by atoms with van der Waals surface area (Å²) in [5, 5.41) is 7.35. The predicted octanol–water partition coefficient (Wildman–Crippen LogP) is 0.00742. The van der Waals surface area contributed by atoms with E-state index in [1.54, 1.807) is 0 Å². The lowest BCUT2D eigenvalue weighted by atomic mass is 10.2. The standard InChI is InChI=1S/C12H20N6O/c1-3-18-11(10(13)8(2)15-18)16-4-5-17-9(7-16)6-14-12(17)19/h9H,3-7,13H2,1-2H3,(H,14,19). The van der Waals surface area contributed by atoms with E-state index in [9.17, 15) is 4.79 Å². The number of nitrogen functional groups attached to an aromatic ring is 1. The minimum absolute atomic E-state index is 0.0535. The molecule has 3 heterocycles. The van der Waals surface area contributed by atoms with Crippen LogP contribution in [0.4, 0.5) is 16.3 Å². The topological polar surface area (TPSA) is 79.4 Å². The quantitative estimate of drug-likeness (QED) is 0.788. The van der Waals surface area contributed by atoms with Crippen LogP contribution in [0.5, 0.6) is 0 Å². The highest BCUT2D eigenvalue weighted by molar-refractivity contribution is 5.77. The van der Waals surface area contributed by atoms with Gasteiger partial charge >= 0.3 is 6.03 Å². The molecular weight excluding hydrogens is 244 g/mol. The van der Waals surface area contributed by atoms with Gasteiger partial charge in [0.05, 0.1) is 17.4 Å². The van der Waals surface area contributed by atoms with Crippen molar-refractivity contribution in [3.05, 3.63) is 5.69 Å². The number of aromatic nitrogens is 2. The van der Waals surface area contributed by atoms with E-state index in [4.69, 9.17) is 5.73 Å². The molecule has 2 aliphatic rings. The molecule has 1 atom stereocenters. The average molecular weight is 264 g/mol. The first-order valence-electron chi connectivity index (χ1n) is 6.74. The third kappa shape index (κ3) is 1.80. The number of nitrogens with one attached hydrogen (secondary N) is 1. The van der Waals surface area contributed by atoms with Gasteiger partial charge in [0.15, 0.2) is 5.82 Å². The van der Waals surface area contributed by atoms with Crippen LogP contribution >= 0.6 is 0 Å². The van der Waals surface area contributed by atoms with Crippen LogP contribution in [0, 0.1) is 6.92 Å². The highest BCUT2D eigenvalue weighted by Gasteiger charge is 2.36. The van der Waals surface area contributed by atoms with Crippen LogP contribution in [-0.2, 0) is 6.54 Å². The van der Waals surface area contributed by atoms with E-state index in [0.717, 1.165) is 43.4 Å². The molecule has 0 bridgehead atoms. The Bertz CT molecular complexity index is 511. The number of amides is 2. The zero-order valence-electron chi connectivity index (χ0n) is 11.4. The Kier molecular flexibility index (Phi) is 2.76. The van der Waals surface area contributed by atoms with Gasteiger partial charge in [0.25, 0.3) is 0 Å². The Morgan fingerprint density at radius 1 is 1.47 bits per heavy atom. The summed E-state index contributed by atoms with van der Waals surface area (Å²) >= 11 is 0. The van der Waals surface area contributed by atoms with Gasteiger partial charge in [-0.1, -0.05) is 0 Å². The fraction of sp³-hybridized carbons (Fsp3) is 0.667. The number of anilines is 2. The zero-order chi connectivity index (χ0) is 13.6. The molecule has 0 radical (unpaired) electrons. The van der Waals surface area contributed by atoms with E-state index in [1.807, 2.05) is 16.5 Å². The number of aryl methyl sites for hydroxylation is 2. The Morgan fingerprint density at radius 2 is 2.26 bits per heavy atom. The SMILES string of the molecule is CCn1nc(C)c(N)c1N1CCN2C(=O)NCC2C1. The molecule has 0 aromatic carbocycles. The Labute approximate surface area is 112 Å². The molecule has 2 saturated heterocycles. The van der Waals surface area contributed by atoms with E-state index in [2.05, 4.69) is 22.2 Å². The summed E-state index contributed by atoms with van der Waals surface area (Å²) in [5.74, 6) is 0.999. The summed E-state index contributed by atoms with van der Waals surface area (Å²) in [7, 11) is 0. The monoisotopic (exact) mass is 264 g/mol. The Morgan fingerprint density at radius 3 is 3.00 bits per heavy atom. The third-order valence-corrected chi connectivity index (χ3v) is 3.98. The van der Waals surface area contributed by atoms with Crippen molar-refractivity contribution in [1.29, 1.82) is 0 Å². The molecule has 3 N–H and O–H groups in total. The molecule has 7 nitrogen and oxygen atoms in total. The number of piperazine rings is 1. The third-order valence-electron chi connectivity index (χ3n) is 3.98. The van der Waals surface area contributed by atoms with Crippen molar-refractivity contribution in [1.82, 2.24) is 20.0 Å². The Hall–Kier alpha value is -1.92. The van der Waals surface area contributed by atoms with Crippen LogP contribution in [-0.4, -0.2) is 52.9 Å². The molecule has 2 aliphatic heterocycles. The van der Waals surface area contributed by atoms with Crippen LogP contribution in [0.25, 0.3) is 0 Å². The lowest BCUT2D eigenvalue weighted by Gasteiger charge is -2.37. The fourth-order valence-corrected chi connectivity index (χ4v) is 2.93. The summed E-state index contributed by atoms with van der Waals surface area (Å²) in [6.07, 6.45) is 0. The lowest BCUT2D eigenvalue weighted by Crippen LogP contribution is -2.52. The average Bonchev–Trinajstić information content (AvgIpc) is 2.91. The molecule has 1 aromatic heterocycles. The summed E-state index contributed by atoms with van der Waals surface area (Å²) in [4.78, 5) is 15.8. The van der Waals surface area contributed by atoms with Gasteiger partial charge in [0.1, 0.15) is 0 Å². The molecule has 0 saturated carbocycles. The van der Waals surface area contributed by atoms with E-state index in [-0.39, 0.29) is 12.1 Å². The van der Waals surface area contributed by atoms with Crippen molar-refractivity contribution in [2.24, 2.45) is 0 Å². The largest absolute Gasteiger partial charge is 0.394 e. The van der Waals surface area contributed by atoms with Gasteiger partial charge in [-0.2, -0.15) is 5.10 Å². The van der Waals surface area contributed by atoms with Crippen LogP contribution in [0.2, 0.25) is 0 Å². The van der Waals surface area contributed by atoms with Crippen molar-refractivity contribution in [2.45, 2.75) is 26.4 Å². The molecule has 3 rings (SSSR count). The smallest absolute Gasteiger partial charge is 0.317 e. The minimum atomic E-state index is 0.0535. The number of hydrogen-bond donors (Lipinski definition) is 2. The number of fused-ring (bicyclic) bond motifs is 1. The maximum absolute atomic E-state index is 11.6. The van der Waals surface area contributed by atoms with Gasteiger partial charge in [0, 0.05) is 32.7 Å². The molecule has 1 unspecified atom stereocenters. The second-order valence-electron chi connectivity index (χ2n) is 5.12. The first kappa shape index (κ1) is 12.1. The normalized spacial score (nSPS) is 22.6. The molecule has 2 amide bonds. The number of carbonyl (C=O) groups is 1. The van der Waals surface area contributed by atoms with Gasteiger partial charge in [-0.05, 0) is 13.8 Å². The van der Waals surface area contributed by atoms with E-state index in [1.165, 1.54) is 0 Å². The highest BCUT2D eigenvalue weighted by Crippen LogP contribution is 2.29. The molecule has 1 aromatic rings. The number of hydrogen-bond acceptors (Lipinski definition) is 4. The van der Waals surface area contributed by atoms with Gasteiger partial charge in [0.2, 0.25) is 0 Å². The van der Waals surface area contributed by atoms with Crippen LogP contribution in [0.1, 0.15) is 12.6 Å².